The quantitative estimate of drug-likeness (QED) is 0.743. The summed E-state index contributed by atoms with van der Waals surface area (Å²) in [5.41, 5.74) is 1.88. The molecule has 0 unspecified atom stereocenters. The van der Waals surface area contributed by atoms with E-state index >= 15 is 0 Å². The fraction of sp³-hybridized carbons (Fsp3) is 0.462. The molecule has 0 heterocycles. The average Bonchev–Trinajstić information content (AvgIpc) is 2.29. The van der Waals surface area contributed by atoms with Crippen molar-refractivity contribution in [1.82, 2.24) is 5.32 Å². The van der Waals surface area contributed by atoms with E-state index in [-0.39, 0.29) is 6.10 Å². The summed E-state index contributed by atoms with van der Waals surface area (Å²) < 4.78 is 5.41. The molecule has 0 aliphatic rings. The predicted molar refractivity (Wildman–Crippen MR) is 64.0 cm³/mol. The summed E-state index contributed by atoms with van der Waals surface area (Å²) in [6.45, 7) is 6.44. The molecule has 1 aromatic rings. The SMILES string of the molecule is CC(C)OCCNCc1ccc(C#N)cc1. The summed E-state index contributed by atoms with van der Waals surface area (Å²) in [5.74, 6) is 0. The second-order valence-electron chi connectivity index (χ2n) is 3.91. The maximum absolute atomic E-state index is 8.64. The summed E-state index contributed by atoms with van der Waals surface area (Å²) >= 11 is 0. The van der Waals surface area contributed by atoms with Gasteiger partial charge in [0.2, 0.25) is 0 Å². The summed E-state index contributed by atoms with van der Waals surface area (Å²) in [5, 5.41) is 11.9. The van der Waals surface area contributed by atoms with Crippen LogP contribution in [0.1, 0.15) is 25.0 Å². The van der Waals surface area contributed by atoms with E-state index in [1.165, 1.54) is 5.56 Å². The number of hydrogen-bond donors (Lipinski definition) is 1. The number of rotatable bonds is 6. The molecule has 0 radical (unpaired) electrons. The normalized spacial score (nSPS) is 10.4. The molecule has 86 valence electrons. The van der Waals surface area contributed by atoms with E-state index in [0.717, 1.165) is 19.7 Å². The average molecular weight is 218 g/mol. The molecule has 0 atom stereocenters. The van der Waals surface area contributed by atoms with Crippen molar-refractivity contribution >= 4 is 0 Å². The molecule has 0 amide bonds. The molecule has 0 saturated carbocycles. The Morgan fingerprint density at radius 1 is 1.31 bits per heavy atom. The van der Waals surface area contributed by atoms with Gasteiger partial charge in [0.25, 0.3) is 0 Å². The van der Waals surface area contributed by atoms with Crippen LogP contribution in [0, 0.1) is 11.3 Å². The molecule has 1 aromatic carbocycles. The Labute approximate surface area is 97.0 Å². The van der Waals surface area contributed by atoms with Crippen LogP contribution in [-0.2, 0) is 11.3 Å². The minimum Gasteiger partial charge on any atom is -0.377 e. The first kappa shape index (κ1) is 12.7. The fourth-order valence-corrected chi connectivity index (χ4v) is 1.30. The lowest BCUT2D eigenvalue weighted by Gasteiger charge is -2.08. The third-order valence-corrected chi connectivity index (χ3v) is 2.14. The van der Waals surface area contributed by atoms with E-state index in [1.807, 2.05) is 38.1 Å². The van der Waals surface area contributed by atoms with Gasteiger partial charge < -0.3 is 10.1 Å². The Kier molecular flexibility index (Phi) is 5.55. The number of ether oxygens (including phenoxy) is 1. The third-order valence-electron chi connectivity index (χ3n) is 2.14. The van der Waals surface area contributed by atoms with Crippen LogP contribution in [0.4, 0.5) is 0 Å². The maximum Gasteiger partial charge on any atom is 0.0991 e. The van der Waals surface area contributed by atoms with Gasteiger partial charge in [0.15, 0.2) is 0 Å². The van der Waals surface area contributed by atoms with E-state index in [9.17, 15) is 0 Å². The monoisotopic (exact) mass is 218 g/mol. The second kappa shape index (κ2) is 7.00. The van der Waals surface area contributed by atoms with E-state index < -0.39 is 0 Å². The Bertz CT molecular complexity index is 338. The van der Waals surface area contributed by atoms with Crippen molar-refractivity contribution in [3.63, 3.8) is 0 Å². The van der Waals surface area contributed by atoms with Crippen LogP contribution in [0.3, 0.4) is 0 Å². The van der Waals surface area contributed by atoms with Gasteiger partial charge in [-0.2, -0.15) is 5.26 Å². The Morgan fingerprint density at radius 2 is 2.00 bits per heavy atom. The third kappa shape index (κ3) is 4.92. The van der Waals surface area contributed by atoms with Gasteiger partial charge in [0.1, 0.15) is 0 Å². The number of nitrogens with zero attached hydrogens (tertiary/aromatic N) is 1. The van der Waals surface area contributed by atoms with Crippen molar-refractivity contribution in [3.05, 3.63) is 35.4 Å². The first-order chi connectivity index (χ1) is 7.72. The van der Waals surface area contributed by atoms with E-state index in [0.29, 0.717) is 5.56 Å². The lowest BCUT2D eigenvalue weighted by Crippen LogP contribution is -2.20. The van der Waals surface area contributed by atoms with Gasteiger partial charge in [0, 0.05) is 13.1 Å². The molecule has 3 heteroatoms. The van der Waals surface area contributed by atoms with Crippen molar-refractivity contribution in [2.24, 2.45) is 0 Å². The van der Waals surface area contributed by atoms with E-state index in [1.54, 1.807) is 0 Å². The van der Waals surface area contributed by atoms with Crippen LogP contribution < -0.4 is 5.32 Å². The molecule has 16 heavy (non-hydrogen) atoms. The van der Waals surface area contributed by atoms with E-state index in [4.69, 9.17) is 10.00 Å². The van der Waals surface area contributed by atoms with Crippen molar-refractivity contribution in [2.75, 3.05) is 13.2 Å². The van der Waals surface area contributed by atoms with Crippen LogP contribution in [0.2, 0.25) is 0 Å². The Hall–Kier alpha value is -1.37. The predicted octanol–water partition coefficient (Wildman–Crippen LogP) is 2.07. The Balaban J connectivity index is 2.20. The second-order valence-corrected chi connectivity index (χ2v) is 3.91. The van der Waals surface area contributed by atoms with Gasteiger partial charge in [-0.15, -0.1) is 0 Å². The summed E-state index contributed by atoms with van der Waals surface area (Å²) in [4.78, 5) is 0. The zero-order valence-electron chi connectivity index (χ0n) is 9.86. The summed E-state index contributed by atoms with van der Waals surface area (Å²) in [7, 11) is 0. The van der Waals surface area contributed by atoms with Gasteiger partial charge >= 0.3 is 0 Å². The Morgan fingerprint density at radius 3 is 2.56 bits per heavy atom. The molecule has 0 bridgehead atoms. The van der Waals surface area contributed by atoms with Crippen LogP contribution >= 0.6 is 0 Å². The first-order valence-electron chi connectivity index (χ1n) is 5.53. The molecule has 0 aliphatic carbocycles. The first-order valence-corrected chi connectivity index (χ1v) is 5.53. The number of benzene rings is 1. The standard InChI is InChI=1S/C13H18N2O/c1-11(2)16-8-7-15-10-13-5-3-12(9-14)4-6-13/h3-6,11,15H,7-8,10H2,1-2H3. The van der Waals surface area contributed by atoms with Gasteiger partial charge in [-0.1, -0.05) is 12.1 Å². The number of nitriles is 1. The lowest BCUT2D eigenvalue weighted by molar-refractivity contribution is 0.0807. The molecule has 0 spiro atoms. The topological polar surface area (TPSA) is 45.0 Å². The van der Waals surface area contributed by atoms with Gasteiger partial charge in [-0.25, -0.2) is 0 Å². The molecule has 0 fully saturated rings. The van der Waals surface area contributed by atoms with Crippen molar-refractivity contribution in [1.29, 1.82) is 5.26 Å². The highest BCUT2D eigenvalue weighted by Crippen LogP contribution is 2.02. The zero-order chi connectivity index (χ0) is 11.8. The molecule has 3 nitrogen and oxygen atoms in total. The van der Waals surface area contributed by atoms with Gasteiger partial charge in [0.05, 0.1) is 24.3 Å². The molecule has 0 aromatic heterocycles. The molecule has 1 N–H and O–H groups in total. The summed E-state index contributed by atoms with van der Waals surface area (Å²) in [6.07, 6.45) is 0.289. The van der Waals surface area contributed by atoms with Crippen LogP contribution in [0.25, 0.3) is 0 Å². The van der Waals surface area contributed by atoms with E-state index in [2.05, 4.69) is 11.4 Å². The van der Waals surface area contributed by atoms with Crippen LogP contribution in [0.5, 0.6) is 0 Å². The van der Waals surface area contributed by atoms with Crippen molar-refractivity contribution in [3.8, 4) is 6.07 Å². The molecular formula is C13H18N2O. The fourth-order valence-electron chi connectivity index (χ4n) is 1.30. The highest BCUT2D eigenvalue weighted by Gasteiger charge is 1.95. The highest BCUT2D eigenvalue weighted by atomic mass is 16.5. The lowest BCUT2D eigenvalue weighted by atomic mass is 10.1. The van der Waals surface area contributed by atoms with Gasteiger partial charge in [-0.3, -0.25) is 0 Å². The molecule has 1 rings (SSSR count). The smallest absolute Gasteiger partial charge is 0.0991 e. The van der Waals surface area contributed by atoms with Gasteiger partial charge in [-0.05, 0) is 31.5 Å². The van der Waals surface area contributed by atoms with Crippen LogP contribution in [0.15, 0.2) is 24.3 Å². The summed E-state index contributed by atoms with van der Waals surface area (Å²) in [6, 6.07) is 9.71. The minimum atomic E-state index is 0.289. The maximum atomic E-state index is 8.64. The number of hydrogen-bond acceptors (Lipinski definition) is 3. The highest BCUT2D eigenvalue weighted by molar-refractivity contribution is 5.31. The van der Waals surface area contributed by atoms with Crippen molar-refractivity contribution < 1.29 is 4.74 Å². The molecule has 0 aliphatic heterocycles. The minimum absolute atomic E-state index is 0.289. The molecule has 0 saturated heterocycles. The van der Waals surface area contributed by atoms with Crippen LogP contribution in [-0.4, -0.2) is 19.3 Å². The zero-order valence-corrected chi connectivity index (χ0v) is 9.86. The largest absolute Gasteiger partial charge is 0.377 e. The molecular weight excluding hydrogens is 200 g/mol. The number of nitrogens with one attached hydrogen (secondary N) is 1. The van der Waals surface area contributed by atoms with Crippen molar-refractivity contribution in [2.45, 2.75) is 26.5 Å².